The first kappa shape index (κ1) is 13.3. The molecule has 0 spiro atoms. The zero-order valence-corrected chi connectivity index (χ0v) is 12.2. The summed E-state index contributed by atoms with van der Waals surface area (Å²) in [5.41, 5.74) is 3.06. The highest BCUT2D eigenvalue weighted by Gasteiger charge is 2.26. The van der Waals surface area contributed by atoms with Gasteiger partial charge in [-0.1, -0.05) is 19.9 Å². The van der Waals surface area contributed by atoms with E-state index in [0.29, 0.717) is 11.5 Å². The van der Waals surface area contributed by atoms with Gasteiger partial charge in [0, 0.05) is 31.5 Å². The van der Waals surface area contributed by atoms with Gasteiger partial charge in [0.05, 0.1) is 0 Å². The van der Waals surface area contributed by atoms with Crippen LogP contribution in [0.1, 0.15) is 39.5 Å². The molecule has 0 aromatic heterocycles. The molecule has 1 N–H and O–H groups in total. The maximum Gasteiger partial charge on any atom is 0.0381 e. The van der Waals surface area contributed by atoms with E-state index in [0.717, 1.165) is 0 Å². The molecule has 1 aliphatic carbocycles. The quantitative estimate of drug-likeness (QED) is 0.862. The fraction of sp³-hybridized carbons (Fsp3) is 0.625. The third-order valence-corrected chi connectivity index (χ3v) is 4.07. The summed E-state index contributed by atoms with van der Waals surface area (Å²) in [7, 11) is 4.17. The van der Waals surface area contributed by atoms with E-state index in [4.69, 9.17) is 0 Å². The Morgan fingerprint density at radius 3 is 2.44 bits per heavy atom. The van der Waals surface area contributed by atoms with Crippen molar-refractivity contribution in [3.05, 3.63) is 24.3 Å². The Hall–Kier alpha value is -1.18. The number of hydrogen-bond acceptors (Lipinski definition) is 2. The molecule has 2 heteroatoms. The van der Waals surface area contributed by atoms with Crippen LogP contribution in [0.4, 0.5) is 11.4 Å². The second-order valence-corrected chi connectivity index (χ2v) is 6.53. The molecule has 0 bridgehead atoms. The summed E-state index contributed by atoms with van der Waals surface area (Å²) in [6.07, 6.45) is 5.24. The first-order valence-corrected chi connectivity index (χ1v) is 7.00. The van der Waals surface area contributed by atoms with Gasteiger partial charge in [0.2, 0.25) is 0 Å². The molecule has 1 saturated carbocycles. The molecule has 0 atom stereocenters. The highest BCUT2D eigenvalue weighted by molar-refractivity contribution is 5.57. The molecule has 2 nitrogen and oxygen atoms in total. The van der Waals surface area contributed by atoms with E-state index < -0.39 is 0 Å². The number of nitrogens with one attached hydrogen (secondary N) is 1. The molecule has 1 aliphatic rings. The van der Waals surface area contributed by atoms with Gasteiger partial charge >= 0.3 is 0 Å². The van der Waals surface area contributed by atoms with Crippen molar-refractivity contribution in [2.45, 2.75) is 45.6 Å². The van der Waals surface area contributed by atoms with E-state index in [-0.39, 0.29) is 0 Å². The summed E-state index contributed by atoms with van der Waals surface area (Å²) in [4.78, 5) is 2.15. The van der Waals surface area contributed by atoms with Crippen LogP contribution in [0.15, 0.2) is 24.3 Å². The second-order valence-electron chi connectivity index (χ2n) is 6.53. The van der Waals surface area contributed by atoms with Gasteiger partial charge in [-0.3, -0.25) is 0 Å². The lowest BCUT2D eigenvalue weighted by Gasteiger charge is -2.35. The molecular formula is C16H26N2. The zero-order chi connectivity index (χ0) is 13.2. The summed E-state index contributed by atoms with van der Waals surface area (Å²) < 4.78 is 0. The number of rotatable bonds is 3. The SMILES string of the molecule is CN(C)c1cccc(NC2CCC(C)(C)CC2)c1. The predicted molar refractivity (Wildman–Crippen MR) is 80.4 cm³/mol. The van der Waals surface area contributed by atoms with Crippen LogP contribution in [0.25, 0.3) is 0 Å². The first-order valence-electron chi connectivity index (χ1n) is 7.00. The number of nitrogens with zero attached hydrogens (tertiary/aromatic N) is 1. The summed E-state index contributed by atoms with van der Waals surface area (Å²) in [6, 6.07) is 9.34. The molecule has 0 amide bonds. The molecule has 18 heavy (non-hydrogen) atoms. The van der Waals surface area contributed by atoms with Crippen molar-refractivity contribution in [2.75, 3.05) is 24.3 Å². The van der Waals surface area contributed by atoms with Crippen LogP contribution in [-0.4, -0.2) is 20.1 Å². The van der Waals surface area contributed by atoms with Crippen LogP contribution in [0.3, 0.4) is 0 Å². The van der Waals surface area contributed by atoms with E-state index in [1.807, 2.05) is 0 Å². The summed E-state index contributed by atoms with van der Waals surface area (Å²) in [5, 5.41) is 3.69. The zero-order valence-electron chi connectivity index (χ0n) is 12.2. The third-order valence-electron chi connectivity index (χ3n) is 4.07. The van der Waals surface area contributed by atoms with E-state index in [1.165, 1.54) is 37.1 Å². The fourth-order valence-corrected chi connectivity index (χ4v) is 2.65. The molecule has 0 aliphatic heterocycles. The summed E-state index contributed by atoms with van der Waals surface area (Å²) in [6.45, 7) is 4.77. The normalized spacial score (nSPS) is 19.6. The standard InChI is InChI=1S/C16H26N2/c1-16(2)10-8-13(9-11-16)17-14-6-5-7-15(12-14)18(3)4/h5-7,12-13,17H,8-11H2,1-4H3. The lowest BCUT2D eigenvalue weighted by Crippen LogP contribution is -2.29. The van der Waals surface area contributed by atoms with Crippen molar-refractivity contribution >= 4 is 11.4 Å². The molecule has 1 aromatic carbocycles. The van der Waals surface area contributed by atoms with E-state index in [1.54, 1.807) is 0 Å². The van der Waals surface area contributed by atoms with Crippen LogP contribution in [0.2, 0.25) is 0 Å². The summed E-state index contributed by atoms with van der Waals surface area (Å²) >= 11 is 0. The monoisotopic (exact) mass is 246 g/mol. The highest BCUT2D eigenvalue weighted by Crippen LogP contribution is 2.36. The van der Waals surface area contributed by atoms with Gasteiger partial charge in [0.15, 0.2) is 0 Å². The van der Waals surface area contributed by atoms with Crippen molar-refractivity contribution in [1.82, 2.24) is 0 Å². The molecule has 0 unspecified atom stereocenters. The van der Waals surface area contributed by atoms with Crippen LogP contribution < -0.4 is 10.2 Å². The average Bonchev–Trinajstić information content (AvgIpc) is 2.32. The van der Waals surface area contributed by atoms with Gasteiger partial charge in [0.25, 0.3) is 0 Å². The molecule has 0 radical (unpaired) electrons. The topological polar surface area (TPSA) is 15.3 Å². The largest absolute Gasteiger partial charge is 0.382 e. The molecule has 2 rings (SSSR count). The minimum Gasteiger partial charge on any atom is -0.382 e. The van der Waals surface area contributed by atoms with Gasteiger partial charge in [-0.2, -0.15) is 0 Å². The number of benzene rings is 1. The minimum atomic E-state index is 0.545. The Kier molecular flexibility index (Phi) is 3.84. The molecule has 0 saturated heterocycles. The third kappa shape index (κ3) is 3.41. The van der Waals surface area contributed by atoms with Crippen molar-refractivity contribution < 1.29 is 0 Å². The molecule has 100 valence electrons. The Morgan fingerprint density at radius 1 is 1.17 bits per heavy atom. The maximum atomic E-state index is 3.69. The van der Waals surface area contributed by atoms with Gasteiger partial charge in [-0.25, -0.2) is 0 Å². The van der Waals surface area contributed by atoms with Gasteiger partial charge in [-0.05, 0) is 49.3 Å². The van der Waals surface area contributed by atoms with Crippen LogP contribution in [0, 0.1) is 5.41 Å². The molecule has 1 fully saturated rings. The van der Waals surface area contributed by atoms with Crippen LogP contribution in [0.5, 0.6) is 0 Å². The first-order chi connectivity index (χ1) is 8.46. The smallest absolute Gasteiger partial charge is 0.0381 e. The van der Waals surface area contributed by atoms with Crippen LogP contribution >= 0.6 is 0 Å². The minimum absolute atomic E-state index is 0.545. The average molecular weight is 246 g/mol. The van der Waals surface area contributed by atoms with E-state index >= 15 is 0 Å². The highest BCUT2D eigenvalue weighted by atomic mass is 15.1. The van der Waals surface area contributed by atoms with Gasteiger partial charge in [0.1, 0.15) is 0 Å². The van der Waals surface area contributed by atoms with E-state index in [9.17, 15) is 0 Å². The van der Waals surface area contributed by atoms with Crippen molar-refractivity contribution in [3.63, 3.8) is 0 Å². The molecular weight excluding hydrogens is 220 g/mol. The predicted octanol–water partition coefficient (Wildman–Crippen LogP) is 4.13. The van der Waals surface area contributed by atoms with E-state index in [2.05, 4.69) is 62.4 Å². The Labute approximate surface area is 111 Å². The second kappa shape index (κ2) is 5.21. The Bertz CT molecular complexity index is 386. The lowest BCUT2D eigenvalue weighted by molar-refractivity contribution is 0.232. The Morgan fingerprint density at radius 2 is 1.83 bits per heavy atom. The van der Waals surface area contributed by atoms with Crippen molar-refractivity contribution in [1.29, 1.82) is 0 Å². The number of anilines is 2. The lowest BCUT2D eigenvalue weighted by atomic mass is 9.75. The maximum absolute atomic E-state index is 3.69. The van der Waals surface area contributed by atoms with Crippen molar-refractivity contribution in [2.24, 2.45) is 5.41 Å². The van der Waals surface area contributed by atoms with Crippen molar-refractivity contribution in [3.8, 4) is 0 Å². The molecule has 0 heterocycles. The van der Waals surface area contributed by atoms with Gasteiger partial charge in [-0.15, -0.1) is 0 Å². The Balaban J connectivity index is 1.96. The van der Waals surface area contributed by atoms with Gasteiger partial charge < -0.3 is 10.2 Å². The number of hydrogen-bond donors (Lipinski definition) is 1. The van der Waals surface area contributed by atoms with Crippen LogP contribution in [-0.2, 0) is 0 Å². The summed E-state index contributed by atoms with van der Waals surface area (Å²) in [5.74, 6) is 0. The molecule has 1 aromatic rings. The fourth-order valence-electron chi connectivity index (χ4n) is 2.65.